The van der Waals surface area contributed by atoms with E-state index in [0.29, 0.717) is 10.6 Å². The molecule has 0 radical (unpaired) electrons. The Balaban J connectivity index is 2.53. The van der Waals surface area contributed by atoms with E-state index in [4.69, 9.17) is 0 Å². The molecule has 1 heterocycles. The van der Waals surface area contributed by atoms with Gasteiger partial charge in [-0.25, -0.2) is 0 Å². The van der Waals surface area contributed by atoms with Crippen molar-refractivity contribution in [3.63, 3.8) is 0 Å². The minimum Gasteiger partial charge on any atom is -0.0622 e. The zero-order valence-electron chi connectivity index (χ0n) is 12.8. The van der Waals surface area contributed by atoms with E-state index >= 15 is 0 Å². The molecule has 1 aromatic rings. The molecular weight excluding hydrogens is 235 g/mol. The predicted molar refractivity (Wildman–Crippen MR) is 85.4 cm³/mol. The van der Waals surface area contributed by atoms with Crippen LogP contribution in [-0.4, -0.2) is 11.8 Å². The van der Waals surface area contributed by atoms with Crippen LogP contribution in [0.2, 0.25) is 0 Å². The molecule has 0 nitrogen and oxygen atoms in total. The summed E-state index contributed by atoms with van der Waals surface area (Å²) in [5.41, 5.74) is 1.76. The smallest absolute Gasteiger partial charge is 0.0622 e. The molecule has 1 aliphatic rings. The standard InChI is InChI=1S/C17H26P/c1-16(2,3)15-14(13-11-9-8-10-12-13)18(15,7)17(4,5)6/h8-12H,1-7H3/q+1. The molecule has 18 heavy (non-hydrogen) atoms. The molecule has 98 valence electrons. The van der Waals surface area contributed by atoms with Crippen molar-refractivity contribution in [2.75, 3.05) is 6.66 Å². The average Bonchev–Trinajstić information content (AvgIpc) is 2.87. The molecule has 0 aliphatic carbocycles. The van der Waals surface area contributed by atoms with Gasteiger partial charge in [0.1, 0.15) is 10.6 Å². The highest BCUT2D eigenvalue weighted by molar-refractivity contribution is 7.97. The minimum atomic E-state index is -1.08. The third-order valence-electron chi connectivity index (χ3n) is 4.17. The largest absolute Gasteiger partial charge is 0.145 e. The second-order valence-corrected chi connectivity index (χ2v) is 11.7. The van der Waals surface area contributed by atoms with E-state index in [2.05, 4.69) is 78.5 Å². The van der Waals surface area contributed by atoms with Crippen LogP contribution in [0.4, 0.5) is 0 Å². The third kappa shape index (κ3) is 1.95. The van der Waals surface area contributed by atoms with Gasteiger partial charge in [0.25, 0.3) is 0 Å². The van der Waals surface area contributed by atoms with Gasteiger partial charge in [0.15, 0.2) is 0 Å². The van der Waals surface area contributed by atoms with Crippen molar-refractivity contribution in [3.8, 4) is 0 Å². The van der Waals surface area contributed by atoms with Crippen molar-refractivity contribution in [2.45, 2.75) is 46.7 Å². The first-order valence-corrected chi connectivity index (χ1v) is 9.01. The number of hydrogen-bond donors (Lipinski definition) is 0. The fourth-order valence-electron chi connectivity index (χ4n) is 3.01. The molecule has 0 bridgehead atoms. The van der Waals surface area contributed by atoms with E-state index in [9.17, 15) is 0 Å². The fourth-order valence-corrected chi connectivity index (χ4v) is 7.93. The Morgan fingerprint density at radius 1 is 0.833 bits per heavy atom. The van der Waals surface area contributed by atoms with Crippen molar-refractivity contribution < 1.29 is 0 Å². The van der Waals surface area contributed by atoms with Crippen molar-refractivity contribution in [3.05, 3.63) is 41.2 Å². The number of rotatable bonds is 1. The lowest BCUT2D eigenvalue weighted by atomic mass is 9.95. The van der Waals surface area contributed by atoms with Gasteiger partial charge in [0.05, 0.1) is 19.1 Å². The molecule has 2 rings (SSSR count). The minimum absolute atomic E-state index is 0.307. The molecule has 0 spiro atoms. The van der Waals surface area contributed by atoms with Crippen LogP contribution in [0.15, 0.2) is 35.6 Å². The summed E-state index contributed by atoms with van der Waals surface area (Å²) in [4.78, 5) is 0. The van der Waals surface area contributed by atoms with Crippen molar-refractivity contribution in [2.24, 2.45) is 5.41 Å². The van der Waals surface area contributed by atoms with Crippen molar-refractivity contribution in [1.29, 1.82) is 0 Å². The fraction of sp³-hybridized carbons (Fsp3) is 0.529. The second kappa shape index (κ2) is 3.94. The van der Waals surface area contributed by atoms with Gasteiger partial charge >= 0.3 is 0 Å². The Bertz CT molecular complexity index is 483. The van der Waals surface area contributed by atoms with Gasteiger partial charge in [-0.1, -0.05) is 51.1 Å². The lowest BCUT2D eigenvalue weighted by Gasteiger charge is -2.26. The first-order valence-electron chi connectivity index (χ1n) is 6.78. The molecule has 0 N–H and O–H groups in total. The normalized spacial score (nSPS) is 24.4. The van der Waals surface area contributed by atoms with E-state index in [1.54, 1.807) is 10.6 Å². The predicted octanol–water partition coefficient (Wildman–Crippen LogP) is 5.86. The maximum absolute atomic E-state index is 2.52. The summed E-state index contributed by atoms with van der Waals surface area (Å²) in [6, 6.07) is 11.0. The van der Waals surface area contributed by atoms with Gasteiger partial charge in [-0.05, 0) is 20.8 Å². The highest BCUT2D eigenvalue weighted by Crippen LogP contribution is 2.96. The van der Waals surface area contributed by atoms with E-state index in [-0.39, 0.29) is 0 Å². The zero-order valence-corrected chi connectivity index (χ0v) is 13.7. The lowest BCUT2D eigenvalue weighted by molar-refractivity contribution is 0.536. The lowest BCUT2D eigenvalue weighted by Crippen LogP contribution is -2.16. The summed E-state index contributed by atoms with van der Waals surface area (Å²) in [5.74, 6) is 0. The molecular formula is C17H26P+. The maximum Gasteiger partial charge on any atom is 0.145 e. The van der Waals surface area contributed by atoms with Gasteiger partial charge < -0.3 is 0 Å². The van der Waals surface area contributed by atoms with Crippen LogP contribution in [-0.2, 0) is 0 Å². The van der Waals surface area contributed by atoms with Crippen molar-refractivity contribution >= 4 is 12.6 Å². The van der Waals surface area contributed by atoms with Gasteiger partial charge in [-0.15, -0.1) is 0 Å². The van der Waals surface area contributed by atoms with Gasteiger partial charge in [0, 0.05) is 11.0 Å². The first kappa shape index (κ1) is 13.8. The molecule has 0 fully saturated rings. The molecule has 0 amide bonds. The van der Waals surface area contributed by atoms with E-state index in [1.807, 2.05) is 0 Å². The van der Waals surface area contributed by atoms with Gasteiger partial charge in [-0.2, -0.15) is 0 Å². The summed E-state index contributed by atoms with van der Waals surface area (Å²) in [7, 11) is -1.08. The number of benzene rings is 1. The molecule has 0 aromatic heterocycles. The monoisotopic (exact) mass is 261 g/mol. The highest BCUT2D eigenvalue weighted by Gasteiger charge is 2.69. The summed E-state index contributed by atoms with van der Waals surface area (Å²) < 4.78 is 0. The van der Waals surface area contributed by atoms with Crippen LogP contribution in [0.5, 0.6) is 0 Å². The SMILES string of the molecule is CC(C)(C)C1=C(c2ccccc2)[P+]1(C)C(C)(C)C. The number of allylic oxidation sites excluding steroid dienone is 1. The van der Waals surface area contributed by atoms with Crippen LogP contribution in [0.1, 0.15) is 47.1 Å². The molecule has 1 atom stereocenters. The van der Waals surface area contributed by atoms with Crippen LogP contribution in [0.3, 0.4) is 0 Å². The highest BCUT2D eigenvalue weighted by atomic mass is 31.2. The van der Waals surface area contributed by atoms with Gasteiger partial charge in [-0.3, -0.25) is 0 Å². The van der Waals surface area contributed by atoms with Crippen molar-refractivity contribution in [1.82, 2.24) is 0 Å². The number of hydrogen-bond acceptors (Lipinski definition) is 0. The quantitative estimate of drug-likeness (QED) is 0.555. The third-order valence-corrected chi connectivity index (χ3v) is 9.79. The molecule has 1 aromatic carbocycles. The Hall–Kier alpha value is -0.610. The molecule has 0 saturated heterocycles. The van der Waals surface area contributed by atoms with E-state index in [1.165, 1.54) is 5.56 Å². The topological polar surface area (TPSA) is 0 Å². The van der Waals surface area contributed by atoms with Crippen LogP contribution >= 0.6 is 7.26 Å². The summed E-state index contributed by atoms with van der Waals surface area (Å²) >= 11 is 0. The van der Waals surface area contributed by atoms with Crippen LogP contribution in [0.25, 0.3) is 5.31 Å². The first-order chi connectivity index (χ1) is 8.10. The average molecular weight is 261 g/mol. The summed E-state index contributed by atoms with van der Waals surface area (Å²) in [5, 5.41) is 3.82. The van der Waals surface area contributed by atoms with E-state index < -0.39 is 7.26 Å². The molecule has 1 heteroatoms. The van der Waals surface area contributed by atoms with Crippen LogP contribution in [0, 0.1) is 5.41 Å². The Kier molecular flexibility index (Phi) is 3.02. The Labute approximate surface area is 113 Å². The maximum atomic E-state index is 2.52. The zero-order chi connectivity index (χ0) is 13.8. The van der Waals surface area contributed by atoms with Crippen LogP contribution < -0.4 is 0 Å². The van der Waals surface area contributed by atoms with Gasteiger partial charge in [0.2, 0.25) is 0 Å². The summed E-state index contributed by atoms with van der Waals surface area (Å²) in [6.07, 6.45) is 0. The molecule has 1 unspecified atom stereocenters. The Morgan fingerprint density at radius 3 is 1.67 bits per heavy atom. The Morgan fingerprint density at radius 2 is 1.33 bits per heavy atom. The molecule has 0 saturated carbocycles. The second-order valence-electron chi connectivity index (χ2n) is 7.49. The van der Waals surface area contributed by atoms with E-state index in [0.717, 1.165) is 0 Å². The summed E-state index contributed by atoms with van der Waals surface area (Å²) in [6.45, 7) is 16.8. The molecule has 1 aliphatic heterocycles.